The van der Waals surface area contributed by atoms with Gasteiger partial charge >= 0.3 is 6.18 Å². The first-order valence-corrected chi connectivity index (χ1v) is 7.68. The van der Waals surface area contributed by atoms with Crippen LogP contribution >= 0.6 is 0 Å². The number of halogens is 3. The first-order valence-electron chi connectivity index (χ1n) is 7.68. The molecule has 1 aliphatic rings. The second-order valence-corrected chi connectivity index (χ2v) is 6.13. The summed E-state index contributed by atoms with van der Waals surface area (Å²) in [5.41, 5.74) is 1.37. The van der Waals surface area contributed by atoms with E-state index in [1.54, 1.807) is 11.0 Å². The summed E-state index contributed by atoms with van der Waals surface area (Å²) >= 11 is 0. The lowest BCUT2D eigenvalue weighted by Gasteiger charge is -2.25. The molecule has 1 saturated heterocycles. The fourth-order valence-electron chi connectivity index (χ4n) is 3.11. The molecule has 0 bridgehead atoms. The van der Waals surface area contributed by atoms with Crippen LogP contribution in [0.2, 0.25) is 0 Å². The summed E-state index contributed by atoms with van der Waals surface area (Å²) in [5, 5.41) is 10.0. The van der Waals surface area contributed by atoms with Crippen molar-refractivity contribution in [3.63, 3.8) is 0 Å². The highest BCUT2D eigenvalue weighted by Gasteiger charge is 2.36. The lowest BCUT2D eigenvalue weighted by Crippen LogP contribution is -2.27. The van der Waals surface area contributed by atoms with Gasteiger partial charge in [0.2, 0.25) is 5.95 Å². The second kappa shape index (κ2) is 6.05. The molecule has 1 aromatic carbocycles. The predicted octanol–water partition coefficient (Wildman–Crippen LogP) is 3.42. The molecule has 128 valence electrons. The predicted molar refractivity (Wildman–Crippen MR) is 83.7 cm³/mol. The summed E-state index contributed by atoms with van der Waals surface area (Å²) < 4.78 is 38.9. The lowest BCUT2D eigenvalue weighted by molar-refractivity contribution is -0.137. The van der Waals surface area contributed by atoms with E-state index in [-0.39, 0.29) is 6.04 Å². The van der Waals surface area contributed by atoms with Gasteiger partial charge in [-0.2, -0.15) is 13.2 Å². The van der Waals surface area contributed by atoms with Gasteiger partial charge in [-0.15, -0.1) is 0 Å². The van der Waals surface area contributed by atoms with E-state index in [1.807, 2.05) is 19.9 Å². The smallest absolute Gasteiger partial charge is 0.391 e. The standard InChI is InChI=1S/C17H18F3N3O/c1-10-6-11(2)22-16(21-10)23-9-14(24)8-15(23)12-4-3-5-13(7-12)17(18,19)20/h3-7,14-15,24H,8-9H2,1-2H3/t14-,15-/m1/s1. The van der Waals surface area contributed by atoms with Crippen molar-refractivity contribution in [2.45, 2.75) is 38.6 Å². The van der Waals surface area contributed by atoms with E-state index >= 15 is 0 Å². The Morgan fingerprint density at radius 2 is 1.79 bits per heavy atom. The van der Waals surface area contributed by atoms with Gasteiger partial charge in [-0.25, -0.2) is 9.97 Å². The molecule has 1 N–H and O–H groups in total. The molecule has 0 unspecified atom stereocenters. The van der Waals surface area contributed by atoms with E-state index in [0.717, 1.165) is 23.5 Å². The largest absolute Gasteiger partial charge is 0.416 e. The van der Waals surface area contributed by atoms with Crippen LogP contribution in [0.1, 0.15) is 35.0 Å². The summed E-state index contributed by atoms with van der Waals surface area (Å²) in [5.74, 6) is 0.437. The Bertz CT molecular complexity index is 728. The SMILES string of the molecule is Cc1cc(C)nc(N2C[C@H](O)C[C@@H]2c2cccc(C(F)(F)F)c2)n1. The van der Waals surface area contributed by atoms with Crippen LogP contribution in [0.25, 0.3) is 0 Å². The Balaban J connectivity index is 1.99. The Morgan fingerprint density at radius 3 is 2.42 bits per heavy atom. The molecule has 1 fully saturated rings. The number of aromatic nitrogens is 2. The van der Waals surface area contributed by atoms with Crippen molar-refractivity contribution >= 4 is 5.95 Å². The molecular weight excluding hydrogens is 319 g/mol. The number of aliphatic hydroxyl groups excluding tert-OH is 1. The minimum absolute atomic E-state index is 0.295. The molecule has 3 rings (SSSR count). The van der Waals surface area contributed by atoms with Gasteiger partial charge in [0.15, 0.2) is 0 Å². The van der Waals surface area contributed by atoms with Crippen LogP contribution in [0.15, 0.2) is 30.3 Å². The third kappa shape index (κ3) is 3.36. The van der Waals surface area contributed by atoms with E-state index in [0.29, 0.717) is 24.5 Å². The molecule has 2 heterocycles. The summed E-state index contributed by atoms with van der Waals surface area (Å²) in [6, 6.07) is 6.67. The molecule has 2 atom stereocenters. The number of hydrogen-bond acceptors (Lipinski definition) is 4. The summed E-state index contributed by atoms with van der Waals surface area (Å²) in [6.07, 6.45) is -4.68. The highest BCUT2D eigenvalue weighted by molar-refractivity contribution is 5.41. The van der Waals surface area contributed by atoms with Crippen LogP contribution in [0.4, 0.5) is 19.1 Å². The summed E-state index contributed by atoms with van der Waals surface area (Å²) in [7, 11) is 0. The van der Waals surface area contributed by atoms with Gasteiger partial charge in [0.25, 0.3) is 0 Å². The van der Waals surface area contributed by atoms with Crippen LogP contribution in [-0.2, 0) is 6.18 Å². The second-order valence-electron chi connectivity index (χ2n) is 6.13. The summed E-state index contributed by atoms with van der Waals surface area (Å²) in [6.45, 7) is 3.97. The number of β-amino-alcohol motifs (C(OH)–C–C–N with tert-alkyl or cyclic N) is 1. The van der Waals surface area contributed by atoms with Crippen LogP contribution in [0.5, 0.6) is 0 Å². The Hall–Kier alpha value is -2.15. The fraction of sp³-hybridized carbons (Fsp3) is 0.412. The topological polar surface area (TPSA) is 49.2 Å². The van der Waals surface area contributed by atoms with Gasteiger partial charge in [-0.05, 0) is 44.0 Å². The highest BCUT2D eigenvalue weighted by atomic mass is 19.4. The Morgan fingerprint density at radius 1 is 1.12 bits per heavy atom. The van der Waals surface area contributed by atoms with Crippen molar-refractivity contribution in [3.8, 4) is 0 Å². The number of alkyl halides is 3. The number of aliphatic hydroxyl groups is 1. The van der Waals surface area contributed by atoms with E-state index in [9.17, 15) is 18.3 Å². The molecule has 0 radical (unpaired) electrons. The maximum Gasteiger partial charge on any atom is 0.416 e. The Labute approximate surface area is 138 Å². The van der Waals surface area contributed by atoms with Gasteiger partial charge in [0.05, 0.1) is 17.7 Å². The zero-order valence-corrected chi connectivity index (χ0v) is 13.4. The maximum absolute atomic E-state index is 13.0. The van der Waals surface area contributed by atoms with Crippen molar-refractivity contribution in [2.24, 2.45) is 0 Å². The quantitative estimate of drug-likeness (QED) is 0.912. The zero-order chi connectivity index (χ0) is 17.5. The molecule has 7 heteroatoms. The minimum Gasteiger partial charge on any atom is -0.391 e. The van der Waals surface area contributed by atoms with Gasteiger partial charge in [-0.3, -0.25) is 0 Å². The van der Waals surface area contributed by atoms with Gasteiger partial charge < -0.3 is 10.0 Å². The van der Waals surface area contributed by atoms with Gasteiger partial charge in [0, 0.05) is 17.9 Å². The number of nitrogens with zero attached hydrogens (tertiary/aromatic N) is 3. The molecule has 0 aliphatic carbocycles. The zero-order valence-electron chi connectivity index (χ0n) is 13.4. The van der Waals surface area contributed by atoms with Gasteiger partial charge in [0.1, 0.15) is 0 Å². The van der Waals surface area contributed by atoms with E-state index in [2.05, 4.69) is 9.97 Å². The monoisotopic (exact) mass is 337 g/mol. The number of aryl methyl sites for hydroxylation is 2. The van der Waals surface area contributed by atoms with E-state index < -0.39 is 17.8 Å². The molecule has 1 aromatic heterocycles. The molecular formula is C17H18F3N3O. The average Bonchev–Trinajstić information content (AvgIpc) is 2.88. The van der Waals surface area contributed by atoms with Crippen molar-refractivity contribution in [1.29, 1.82) is 0 Å². The lowest BCUT2D eigenvalue weighted by atomic mass is 10.0. The van der Waals surface area contributed by atoms with Crippen LogP contribution in [0.3, 0.4) is 0 Å². The minimum atomic E-state index is -4.39. The number of rotatable bonds is 2. The third-order valence-electron chi connectivity index (χ3n) is 4.11. The molecule has 2 aromatic rings. The average molecular weight is 337 g/mol. The van der Waals surface area contributed by atoms with E-state index in [4.69, 9.17) is 0 Å². The highest BCUT2D eigenvalue weighted by Crippen LogP contribution is 2.37. The molecule has 0 spiro atoms. The van der Waals surface area contributed by atoms with Crippen LogP contribution in [-0.4, -0.2) is 27.7 Å². The number of anilines is 1. The summed E-state index contributed by atoms with van der Waals surface area (Å²) in [4.78, 5) is 10.5. The maximum atomic E-state index is 13.0. The Kier molecular flexibility index (Phi) is 4.21. The van der Waals surface area contributed by atoms with E-state index in [1.165, 1.54) is 6.07 Å². The van der Waals surface area contributed by atoms with Crippen LogP contribution < -0.4 is 4.90 Å². The van der Waals surface area contributed by atoms with Crippen molar-refractivity contribution < 1.29 is 18.3 Å². The molecule has 0 saturated carbocycles. The molecule has 0 amide bonds. The van der Waals surface area contributed by atoms with Crippen molar-refractivity contribution in [3.05, 3.63) is 52.8 Å². The van der Waals surface area contributed by atoms with Gasteiger partial charge in [-0.1, -0.05) is 12.1 Å². The van der Waals surface area contributed by atoms with Crippen molar-refractivity contribution in [2.75, 3.05) is 11.4 Å². The molecule has 24 heavy (non-hydrogen) atoms. The third-order valence-corrected chi connectivity index (χ3v) is 4.11. The number of benzene rings is 1. The molecule has 1 aliphatic heterocycles. The van der Waals surface area contributed by atoms with Crippen molar-refractivity contribution in [1.82, 2.24) is 9.97 Å². The number of hydrogen-bond donors (Lipinski definition) is 1. The normalized spacial score (nSPS) is 21.3. The first kappa shape index (κ1) is 16.7. The molecule has 4 nitrogen and oxygen atoms in total. The fourth-order valence-corrected chi connectivity index (χ4v) is 3.11. The first-order chi connectivity index (χ1) is 11.2. The van der Waals surface area contributed by atoms with Crippen LogP contribution in [0, 0.1) is 13.8 Å².